The number of ether oxygens (including phenoxy) is 1. The van der Waals surface area contributed by atoms with E-state index in [1.807, 2.05) is 0 Å². The van der Waals surface area contributed by atoms with Gasteiger partial charge in [-0.25, -0.2) is 4.98 Å². The van der Waals surface area contributed by atoms with E-state index in [1.165, 1.54) is 0 Å². The molecule has 1 atom stereocenters. The average molecular weight is 383 g/mol. The minimum absolute atomic E-state index is 0.0198. The Labute approximate surface area is 161 Å². The summed E-state index contributed by atoms with van der Waals surface area (Å²) in [5.74, 6) is 0.823. The first-order valence-corrected chi connectivity index (χ1v) is 10.4. The van der Waals surface area contributed by atoms with Gasteiger partial charge in [-0.3, -0.25) is 4.99 Å². The van der Waals surface area contributed by atoms with Gasteiger partial charge in [-0.2, -0.15) is 0 Å². The minimum Gasteiger partial charge on any atom is -0.396 e. The van der Waals surface area contributed by atoms with Gasteiger partial charge in [-0.15, -0.1) is 11.3 Å². The van der Waals surface area contributed by atoms with Crippen molar-refractivity contribution in [3.8, 4) is 0 Å². The third-order valence-electron chi connectivity index (χ3n) is 4.70. The maximum atomic E-state index is 9.35. The lowest BCUT2D eigenvalue weighted by atomic mass is 9.84. The van der Waals surface area contributed by atoms with Crippen LogP contribution in [0.5, 0.6) is 0 Å². The van der Waals surface area contributed by atoms with Gasteiger partial charge in [0, 0.05) is 48.9 Å². The van der Waals surface area contributed by atoms with Crippen molar-refractivity contribution in [1.82, 2.24) is 15.6 Å². The van der Waals surface area contributed by atoms with Crippen LogP contribution in [0, 0.1) is 5.41 Å². The molecule has 1 aromatic rings. The van der Waals surface area contributed by atoms with Crippen LogP contribution in [-0.2, 0) is 16.6 Å². The number of aliphatic hydroxyl groups is 1. The summed E-state index contributed by atoms with van der Waals surface area (Å²) in [5.41, 5.74) is 1.24. The fourth-order valence-electron chi connectivity index (χ4n) is 2.93. The van der Waals surface area contributed by atoms with E-state index in [0.717, 1.165) is 55.6 Å². The maximum absolute atomic E-state index is 9.35. The van der Waals surface area contributed by atoms with Crippen LogP contribution in [0.25, 0.3) is 0 Å². The molecule has 1 aromatic heterocycles. The Morgan fingerprint density at radius 3 is 2.81 bits per heavy atom. The van der Waals surface area contributed by atoms with E-state index in [0.29, 0.717) is 13.2 Å². The Morgan fingerprint density at radius 2 is 2.23 bits per heavy atom. The second-order valence-electron chi connectivity index (χ2n) is 8.02. The topological polar surface area (TPSA) is 78.8 Å². The Hall–Kier alpha value is -1.18. The van der Waals surface area contributed by atoms with E-state index in [4.69, 9.17) is 14.7 Å². The molecule has 1 fully saturated rings. The number of aliphatic hydroxyl groups excluding tert-OH is 1. The van der Waals surface area contributed by atoms with Gasteiger partial charge in [0.15, 0.2) is 5.96 Å². The third-order valence-corrected chi connectivity index (χ3v) is 5.60. The van der Waals surface area contributed by atoms with E-state index < -0.39 is 0 Å². The first-order chi connectivity index (χ1) is 12.4. The van der Waals surface area contributed by atoms with Crippen LogP contribution in [-0.4, -0.2) is 55.5 Å². The van der Waals surface area contributed by atoms with Crippen LogP contribution in [0.15, 0.2) is 10.4 Å². The van der Waals surface area contributed by atoms with Crippen molar-refractivity contribution in [3.05, 3.63) is 16.1 Å². The van der Waals surface area contributed by atoms with Crippen molar-refractivity contribution in [2.45, 2.75) is 52.4 Å². The standard InChI is InChI=1S/C19H34N4O2S/c1-5-20-17(22-13-19(7-10-24)8-11-25-14-19)21-9-6-16-23-15(12-26-16)18(2,3)4/h12,24H,5-11,13-14H2,1-4H3,(H2,20,21,22). The van der Waals surface area contributed by atoms with Gasteiger partial charge < -0.3 is 20.5 Å². The number of nitrogens with one attached hydrogen (secondary N) is 2. The largest absolute Gasteiger partial charge is 0.396 e. The third kappa shape index (κ3) is 6.21. The molecule has 0 aliphatic carbocycles. The Bertz CT molecular complexity index is 574. The quantitative estimate of drug-likeness (QED) is 0.475. The first-order valence-electron chi connectivity index (χ1n) is 9.54. The monoisotopic (exact) mass is 382 g/mol. The Morgan fingerprint density at radius 1 is 1.42 bits per heavy atom. The molecule has 6 nitrogen and oxygen atoms in total. The van der Waals surface area contributed by atoms with Gasteiger partial charge in [0.25, 0.3) is 0 Å². The highest BCUT2D eigenvalue weighted by Gasteiger charge is 2.34. The molecule has 7 heteroatoms. The number of guanidine groups is 1. The molecule has 0 saturated carbocycles. The number of nitrogens with zero attached hydrogens (tertiary/aromatic N) is 2. The predicted molar refractivity (Wildman–Crippen MR) is 108 cm³/mol. The van der Waals surface area contributed by atoms with Gasteiger partial charge >= 0.3 is 0 Å². The zero-order valence-electron chi connectivity index (χ0n) is 16.6. The van der Waals surface area contributed by atoms with Gasteiger partial charge in [-0.1, -0.05) is 20.8 Å². The fraction of sp³-hybridized carbons (Fsp3) is 0.789. The number of aliphatic imine (C=N–C) groups is 1. The lowest BCUT2D eigenvalue weighted by molar-refractivity contribution is 0.131. The van der Waals surface area contributed by atoms with Gasteiger partial charge in [0.05, 0.1) is 23.9 Å². The smallest absolute Gasteiger partial charge is 0.191 e. The van der Waals surface area contributed by atoms with Crippen LogP contribution in [0.4, 0.5) is 0 Å². The molecular formula is C19H34N4O2S. The second-order valence-corrected chi connectivity index (χ2v) is 8.97. The van der Waals surface area contributed by atoms with Crippen LogP contribution in [0.3, 0.4) is 0 Å². The minimum atomic E-state index is -0.0198. The lowest BCUT2D eigenvalue weighted by Gasteiger charge is -2.24. The van der Waals surface area contributed by atoms with Gasteiger partial charge in [-0.05, 0) is 19.8 Å². The molecule has 1 saturated heterocycles. The second kappa shape index (κ2) is 9.67. The molecule has 0 spiro atoms. The summed E-state index contributed by atoms with van der Waals surface area (Å²) in [7, 11) is 0. The molecule has 26 heavy (non-hydrogen) atoms. The highest BCUT2D eigenvalue weighted by molar-refractivity contribution is 7.09. The highest BCUT2D eigenvalue weighted by atomic mass is 32.1. The van der Waals surface area contributed by atoms with E-state index in [2.05, 4.69) is 43.7 Å². The Balaban J connectivity index is 1.88. The Kier molecular flexibility index (Phi) is 7.85. The van der Waals surface area contributed by atoms with Crippen molar-refractivity contribution in [2.24, 2.45) is 10.4 Å². The normalized spacial score (nSPS) is 21.2. The molecule has 3 N–H and O–H groups in total. The highest BCUT2D eigenvalue weighted by Crippen LogP contribution is 2.32. The summed E-state index contributed by atoms with van der Waals surface area (Å²) in [4.78, 5) is 9.49. The summed E-state index contributed by atoms with van der Waals surface area (Å²) in [5, 5.41) is 19.4. The summed E-state index contributed by atoms with van der Waals surface area (Å²) in [6.07, 6.45) is 2.59. The molecule has 2 rings (SSSR count). The van der Waals surface area contributed by atoms with Gasteiger partial charge in [0.1, 0.15) is 0 Å². The molecule has 1 aliphatic rings. The molecule has 1 unspecified atom stereocenters. The molecule has 0 amide bonds. The maximum Gasteiger partial charge on any atom is 0.191 e. The number of thiazole rings is 1. The zero-order valence-corrected chi connectivity index (χ0v) is 17.4. The summed E-state index contributed by atoms with van der Waals surface area (Å²) >= 11 is 1.73. The fourth-order valence-corrected chi connectivity index (χ4v) is 3.96. The number of rotatable bonds is 8. The molecule has 0 bridgehead atoms. The van der Waals surface area contributed by atoms with E-state index in [-0.39, 0.29) is 17.4 Å². The number of hydrogen-bond acceptors (Lipinski definition) is 5. The van der Waals surface area contributed by atoms with E-state index in [1.54, 1.807) is 11.3 Å². The SMILES string of the molecule is CCNC(=NCC1(CCO)CCOC1)NCCc1nc(C(C)(C)C)cs1. The zero-order chi connectivity index (χ0) is 19.0. The van der Waals surface area contributed by atoms with Crippen LogP contribution >= 0.6 is 11.3 Å². The van der Waals surface area contributed by atoms with Crippen molar-refractivity contribution in [3.63, 3.8) is 0 Å². The number of hydrogen-bond donors (Lipinski definition) is 3. The molecule has 2 heterocycles. The summed E-state index contributed by atoms with van der Waals surface area (Å²) in [6.45, 7) is 12.6. The summed E-state index contributed by atoms with van der Waals surface area (Å²) < 4.78 is 5.55. The first kappa shape index (κ1) is 21.1. The molecular weight excluding hydrogens is 348 g/mol. The molecule has 1 aliphatic heterocycles. The van der Waals surface area contributed by atoms with Gasteiger partial charge in [0.2, 0.25) is 0 Å². The average Bonchev–Trinajstić information content (AvgIpc) is 3.23. The molecule has 0 radical (unpaired) electrons. The lowest BCUT2D eigenvalue weighted by Crippen LogP contribution is -2.39. The number of aromatic nitrogens is 1. The van der Waals surface area contributed by atoms with Crippen molar-refractivity contribution in [2.75, 3.05) is 39.5 Å². The van der Waals surface area contributed by atoms with Crippen LogP contribution in [0.2, 0.25) is 0 Å². The summed E-state index contributed by atoms with van der Waals surface area (Å²) in [6, 6.07) is 0. The van der Waals surface area contributed by atoms with E-state index >= 15 is 0 Å². The van der Waals surface area contributed by atoms with Crippen molar-refractivity contribution < 1.29 is 9.84 Å². The predicted octanol–water partition coefficient (Wildman–Crippen LogP) is 2.33. The van der Waals surface area contributed by atoms with Crippen molar-refractivity contribution in [1.29, 1.82) is 0 Å². The molecule has 148 valence electrons. The van der Waals surface area contributed by atoms with Crippen LogP contribution < -0.4 is 10.6 Å². The molecule has 0 aromatic carbocycles. The van der Waals surface area contributed by atoms with Crippen molar-refractivity contribution >= 4 is 17.3 Å². The van der Waals surface area contributed by atoms with E-state index in [9.17, 15) is 5.11 Å². The van der Waals surface area contributed by atoms with Crippen LogP contribution in [0.1, 0.15) is 51.2 Å².